The van der Waals surface area contributed by atoms with Crippen molar-refractivity contribution in [2.24, 2.45) is 23.7 Å². The predicted octanol–water partition coefficient (Wildman–Crippen LogP) is 3.41. The van der Waals surface area contributed by atoms with Gasteiger partial charge in [-0.1, -0.05) is 35.1 Å². The first-order chi connectivity index (χ1) is 11.0. The molecule has 23 heavy (non-hydrogen) atoms. The van der Waals surface area contributed by atoms with Crippen molar-refractivity contribution in [3.05, 3.63) is 35.4 Å². The fourth-order valence-corrected chi connectivity index (χ4v) is 4.80. The van der Waals surface area contributed by atoms with Gasteiger partial charge >= 0.3 is 5.97 Å². The number of nitrogens with zero attached hydrogens (tertiary/aromatic N) is 1. The van der Waals surface area contributed by atoms with E-state index in [1.54, 1.807) is 18.2 Å². The van der Waals surface area contributed by atoms with Crippen LogP contribution in [0.25, 0.3) is 10.2 Å². The van der Waals surface area contributed by atoms with E-state index in [1.807, 2.05) is 12.2 Å². The third-order valence-electron chi connectivity index (χ3n) is 4.63. The maximum Gasteiger partial charge on any atom is 0.307 e. The SMILES string of the molecule is O=C(Nc1nc2ccc(Cl)cc2s1)[C@@H]1[C@@H](C(=O)O)[C@H]2C=C[C@@H]1C2. The van der Waals surface area contributed by atoms with Gasteiger partial charge in [0.15, 0.2) is 5.13 Å². The number of aliphatic carboxylic acids is 1. The van der Waals surface area contributed by atoms with Gasteiger partial charge in [0.05, 0.1) is 22.1 Å². The summed E-state index contributed by atoms with van der Waals surface area (Å²) in [4.78, 5) is 28.5. The number of hydrogen-bond donors (Lipinski definition) is 2. The van der Waals surface area contributed by atoms with Gasteiger partial charge in [-0.15, -0.1) is 0 Å². The Hall–Kier alpha value is -1.92. The van der Waals surface area contributed by atoms with Gasteiger partial charge in [-0.3, -0.25) is 9.59 Å². The molecular weight excluding hydrogens is 336 g/mol. The standard InChI is InChI=1S/C16H13ClN2O3S/c17-9-3-4-10-11(6-9)23-16(18-10)19-14(20)12-7-1-2-8(5-7)13(12)15(21)22/h1-4,6-8,12-13H,5H2,(H,21,22)(H,18,19,20)/t7-,8+,12+,13+/m1/s1. The number of amides is 1. The summed E-state index contributed by atoms with van der Waals surface area (Å²) in [6, 6.07) is 5.34. The van der Waals surface area contributed by atoms with Crippen LogP contribution < -0.4 is 5.32 Å². The number of fused-ring (bicyclic) bond motifs is 3. The minimum Gasteiger partial charge on any atom is -0.481 e. The summed E-state index contributed by atoms with van der Waals surface area (Å²) < 4.78 is 0.885. The lowest BCUT2D eigenvalue weighted by Gasteiger charge is -2.23. The van der Waals surface area contributed by atoms with Crippen LogP contribution in [0.4, 0.5) is 5.13 Å². The fourth-order valence-electron chi connectivity index (χ4n) is 3.66. The van der Waals surface area contributed by atoms with E-state index in [-0.39, 0.29) is 17.7 Å². The zero-order valence-electron chi connectivity index (χ0n) is 11.9. The number of aromatic nitrogens is 1. The number of rotatable bonds is 3. The summed E-state index contributed by atoms with van der Waals surface area (Å²) in [5, 5.41) is 13.3. The summed E-state index contributed by atoms with van der Waals surface area (Å²) in [7, 11) is 0. The Morgan fingerprint density at radius 1 is 1.26 bits per heavy atom. The number of thiazole rings is 1. The topological polar surface area (TPSA) is 79.3 Å². The Morgan fingerprint density at radius 2 is 2.00 bits per heavy atom. The van der Waals surface area contributed by atoms with Gasteiger partial charge in [0.25, 0.3) is 0 Å². The molecule has 0 spiro atoms. The highest BCUT2D eigenvalue weighted by atomic mass is 35.5. The molecule has 1 heterocycles. The van der Waals surface area contributed by atoms with Gasteiger partial charge < -0.3 is 10.4 Å². The predicted molar refractivity (Wildman–Crippen MR) is 88.6 cm³/mol. The second-order valence-corrected chi connectivity index (χ2v) is 7.43. The lowest BCUT2D eigenvalue weighted by atomic mass is 9.82. The van der Waals surface area contributed by atoms with Crippen molar-refractivity contribution in [1.29, 1.82) is 0 Å². The Balaban J connectivity index is 1.59. The monoisotopic (exact) mass is 348 g/mol. The first-order valence-electron chi connectivity index (χ1n) is 7.31. The number of carbonyl (C=O) groups is 2. The minimum atomic E-state index is -0.905. The first-order valence-corrected chi connectivity index (χ1v) is 8.50. The Morgan fingerprint density at radius 3 is 2.74 bits per heavy atom. The Labute approximate surface area is 141 Å². The van der Waals surface area contributed by atoms with E-state index in [4.69, 9.17) is 11.6 Å². The molecule has 2 N–H and O–H groups in total. The third-order valence-corrected chi connectivity index (χ3v) is 5.80. The number of benzene rings is 1. The van der Waals surface area contributed by atoms with E-state index in [2.05, 4.69) is 10.3 Å². The highest BCUT2D eigenvalue weighted by molar-refractivity contribution is 7.22. The number of hydrogen-bond acceptors (Lipinski definition) is 4. The van der Waals surface area contributed by atoms with Crippen molar-refractivity contribution in [1.82, 2.24) is 4.98 Å². The summed E-state index contributed by atoms with van der Waals surface area (Å²) in [6.45, 7) is 0. The maximum atomic E-state index is 12.6. The van der Waals surface area contributed by atoms with E-state index >= 15 is 0 Å². The van der Waals surface area contributed by atoms with Gasteiger partial charge in [-0.2, -0.15) is 0 Å². The first kappa shape index (κ1) is 14.7. The number of carboxylic acid groups (broad SMARTS) is 1. The minimum absolute atomic E-state index is 0.00456. The van der Waals surface area contributed by atoms with E-state index in [0.29, 0.717) is 10.2 Å². The summed E-state index contributed by atoms with van der Waals surface area (Å²) >= 11 is 7.29. The van der Waals surface area contributed by atoms with Crippen molar-refractivity contribution >= 4 is 50.2 Å². The molecule has 1 aromatic carbocycles. The van der Waals surface area contributed by atoms with Crippen molar-refractivity contribution in [3.63, 3.8) is 0 Å². The van der Waals surface area contributed by atoms with Gasteiger partial charge in [-0.25, -0.2) is 4.98 Å². The Kier molecular flexibility index (Phi) is 3.39. The van der Waals surface area contributed by atoms with Crippen LogP contribution >= 0.6 is 22.9 Å². The summed E-state index contributed by atoms with van der Waals surface area (Å²) in [5.41, 5.74) is 0.761. The van der Waals surface area contributed by atoms with Crippen LogP contribution in [-0.2, 0) is 9.59 Å². The molecule has 2 aliphatic rings. The molecule has 1 aromatic heterocycles. The van der Waals surface area contributed by atoms with Crippen LogP contribution in [-0.4, -0.2) is 22.0 Å². The van der Waals surface area contributed by atoms with Gasteiger partial charge in [0.1, 0.15) is 0 Å². The third kappa shape index (κ3) is 2.42. The molecule has 4 rings (SSSR count). The molecule has 0 unspecified atom stereocenters. The van der Waals surface area contributed by atoms with E-state index < -0.39 is 17.8 Å². The molecule has 2 aliphatic carbocycles. The molecule has 1 fully saturated rings. The molecular formula is C16H13ClN2O3S. The molecule has 2 bridgehead atoms. The van der Waals surface area contributed by atoms with E-state index in [0.717, 1.165) is 16.6 Å². The van der Waals surface area contributed by atoms with Crippen LogP contribution in [0.5, 0.6) is 0 Å². The largest absolute Gasteiger partial charge is 0.481 e. The fraction of sp³-hybridized carbons (Fsp3) is 0.312. The number of carbonyl (C=O) groups excluding carboxylic acids is 1. The number of allylic oxidation sites excluding steroid dienone is 2. The van der Waals surface area contributed by atoms with E-state index in [1.165, 1.54) is 11.3 Å². The van der Waals surface area contributed by atoms with Crippen LogP contribution in [0, 0.1) is 23.7 Å². The molecule has 7 heteroatoms. The van der Waals surface area contributed by atoms with Crippen LogP contribution in [0.3, 0.4) is 0 Å². The van der Waals surface area contributed by atoms with Crippen molar-refractivity contribution in [2.75, 3.05) is 5.32 Å². The molecule has 1 amide bonds. The lowest BCUT2D eigenvalue weighted by Crippen LogP contribution is -2.36. The zero-order chi connectivity index (χ0) is 16.1. The van der Waals surface area contributed by atoms with Gasteiger partial charge in [-0.05, 0) is 36.5 Å². The van der Waals surface area contributed by atoms with Crippen molar-refractivity contribution in [2.45, 2.75) is 6.42 Å². The molecule has 4 atom stereocenters. The van der Waals surface area contributed by atoms with Crippen LogP contribution in [0.1, 0.15) is 6.42 Å². The summed E-state index contributed by atoms with van der Waals surface area (Å²) in [5.74, 6) is -2.38. The lowest BCUT2D eigenvalue weighted by molar-refractivity contribution is -0.146. The normalized spacial score (nSPS) is 28.4. The number of carboxylic acids is 1. The molecule has 2 aromatic rings. The molecule has 5 nitrogen and oxygen atoms in total. The molecule has 1 saturated carbocycles. The average molecular weight is 349 g/mol. The molecule has 118 valence electrons. The second kappa shape index (κ2) is 5.32. The smallest absolute Gasteiger partial charge is 0.307 e. The highest BCUT2D eigenvalue weighted by Gasteiger charge is 2.51. The zero-order valence-corrected chi connectivity index (χ0v) is 13.5. The maximum absolute atomic E-state index is 12.6. The number of nitrogens with one attached hydrogen (secondary N) is 1. The molecule has 0 saturated heterocycles. The van der Waals surface area contributed by atoms with Crippen molar-refractivity contribution < 1.29 is 14.7 Å². The highest BCUT2D eigenvalue weighted by Crippen LogP contribution is 2.48. The van der Waals surface area contributed by atoms with Crippen LogP contribution in [0.15, 0.2) is 30.4 Å². The average Bonchev–Trinajstić information content (AvgIpc) is 3.18. The number of anilines is 1. The second-order valence-electron chi connectivity index (χ2n) is 5.96. The molecule has 0 aliphatic heterocycles. The summed E-state index contributed by atoms with van der Waals surface area (Å²) in [6.07, 6.45) is 4.63. The quantitative estimate of drug-likeness (QED) is 0.833. The van der Waals surface area contributed by atoms with Gasteiger partial charge in [0.2, 0.25) is 5.91 Å². The number of halogens is 1. The Bertz CT molecular complexity index is 847. The molecule has 0 radical (unpaired) electrons. The van der Waals surface area contributed by atoms with Gasteiger partial charge in [0, 0.05) is 5.02 Å². The van der Waals surface area contributed by atoms with E-state index in [9.17, 15) is 14.7 Å². The van der Waals surface area contributed by atoms with Crippen LogP contribution in [0.2, 0.25) is 5.02 Å². The van der Waals surface area contributed by atoms with Crippen molar-refractivity contribution in [3.8, 4) is 0 Å².